The number of nitrogens with zero attached hydrogens (tertiary/aromatic N) is 1. The number of rotatable bonds is 5. The Balaban J connectivity index is 1.94. The maximum absolute atomic E-state index is 12.4. The number of benzene rings is 2. The van der Waals surface area contributed by atoms with Gasteiger partial charge in [0.25, 0.3) is 5.91 Å². The molecule has 0 radical (unpaired) electrons. The molecule has 0 aliphatic heterocycles. The lowest BCUT2D eigenvalue weighted by molar-refractivity contribution is -0.137. The molecule has 22 heavy (non-hydrogen) atoms. The van der Waals surface area contributed by atoms with Crippen LogP contribution in [-0.4, -0.2) is 24.0 Å². The highest BCUT2D eigenvalue weighted by Crippen LogP contribution is 2.18. The predicted octanol–water partition coefficient (Wildman–Crippen LogP) is 4.53. The third-order valence-electron chi connectivity index (χ3n) is 3.18. The van der Waals surface area contributed by atoms with Gasteiger partial charge >= 0.3 is 0 Å². The molecule has 0 N–H and O–H groups in total. The summed E-state index contributed by atoms with van der Waals surface area (Å²) in [4.78, 5) is 14.0. The molecular weight excluding hydrogens is 366 g/mol. The van der Waals surface area contributed by atoms with Crippen molar-refractivity contribution in [2.24, 2.45) is 0 Å². The van der Waals surface area contributed by atoms with E-state index >= 15 is 0 Å². The van der Waals surface area contributed by atoms with Gasteiger partial charge in [-0.3, -0.25) is 4.79 Å². The van der Waals surface area contributed by atoms with Gasteiger partial charge in [0, 0.05) is 23.1 Å². The largest absolute Gasteiger partial charge is 0.481 e. The number of carbonyl (C=O) groups is 1. The van der Waals surface area contributed by atoms with Gasteiger partial charge in [0.05, 0.1) is 0 Å². The minimum Gasteiger partial charge on any atom is -0.481 e. The normalized spacial score (nSPS) is 11.8. The molecule has 5 heteroatoms. The second kappa shape index (κ2) is 7.65. The number of halogens is 2. The van der Waals surface area contributed by atoms with Gasteiger partial charge in [-0.05, 0) is 48.9 Å². The van der Waals surface area contributed by atoms with Gasteiger partial charge in [-0.2, -0.15) is 0 Å². The van der Waals surface area contributed by atoms with Crippen molar-refractivity contribution in [2.75, 3.05) is 7.05 Å². The van der Waals surface area contributed by atoms with E-state index in [1.54, 1.807) is 43.1 Å². The molecule has 2 rings (SSSR count). The van der Waals surface area contributed by atoms with E-state index in [1.807, 2.05) is 24.3 Å². The van der Waals surface area contributed by atoms with E-state index in [0.29, 0.717) is 17.3 Å². The monoisotopic (exact) mass is 381 g/mol. The fourth-order valence-corrected chi connectivity index (χ4v) is 2.41. The smallest absolute Gasteiger partial charge is 0.263 e. The number of carbonyl (C=O) groups excluding carboxylic acids is 1. The van der Waals surface area contributed by atoms with E-state index in [4.69, 9.17) is 16.3 Å². The molecule has 0 bridgehead atoms. The van der Waals surface area contributed by atoms with Crippen LogP contribution < -0.4 is 4.74 Å². The fraction of sp³-hybridized carbons (Fsp3) is 0.235. The Bertz CT molecular complexity index is 573. The summed E-state index contributed by atoms with van der Waals surface area (Å²) in [5, 5.41) is 0.638. The summed E-state index contributed by atoms with van der Waals surface area (Å²) in [6.45, 7) is 2.29. The van der Waals surface area contributed by atoms with Crippen LogP contribution >= 0.6 is 27.5 Å². The first kappa shape index (κ1) is 16.8. The highest BCUT2D eigenvalue weighted by Gasteiger charge is 2.19. The standard InChI is InChI=1S/C17H17BrClNO2/c1-12(22-16-9-7-15(19)8-10-16)17(21)20(2)11-13-3-5-14(18)6-4-13/h3-10,12H,11H2,1-2H3. The van der Waals surface area contributed by atoms with Crippen molar-refractivity contribution in [1.29, 1.82) is 0 Å². The van der Waals surface area contributed by atoms with Gasteiger partial charge in [0.1, 0.15) is 5.75 Å². The van der Waals surface area contributed by atoms with Crippen molar-refractivity contribution in [3.8, 4) is 5.75 Å². The van der Waals surface area contributed by atoms with Crippen molar-refractivity contribution < 1.29 is 9.53 Å². The van der Waals surface area contributed by atoms with Crippen molar-refractivity contribution in [2.45, 2.75) is 19.6 Å². The van der Waals surface area contributed by atoms with E-state index in [1.165, 1.54) is 0 Å². The van der Waals surface area contributed by atoms with Gasteiger partial charge < -0.3 is 9.64 Å². The Hall–Kier alpha value is -1.52. The number of ether oxygens (including phenoxy) is 1. The average molecular weight is 383 g/mol. The second-order valence-corrected chi connectivity index (χ2v) is 6.39. The average Bonchev–Trinajstić information content (AvgIpc) is 2.51. The van der Waals surface area contributed by atoms with Crippen LogP contribution in [-0.2, 0) is 11.3 Å². The van der Waals surface area contributed by atoms with Crippen molar-refractivity contribution in [1.82, 2.24) is 4.90 Å². The van der Waals surface area contributed by atoms with Gasteiger partial charge in [0.15, 0.2) is 6.10 Å². The summed E-state index contributed by atoms with van der Waals surface area (Å²) in [6.07, 6.45) is -0.554. The van der Waals surface area contributed by atoms with Gasteiger partial charge in [-0.15, -0.1) is 0 Å². The molecule has 116 valence electrons. The van der Waals surface area contributed by atoms with Crippen LogP contribution in [0.2, 0.25) is 5.02 Å². The van der Waals surface area contributed by atoms with Crippen molar-refractivity contribution >= 4 is 33.4 Å². The Kier molecular flexibility index (Phi) is 5.86. The first-order valence-corrected chi connectivity index (χ1v) is 8.04. The highest BCUT2D eigenvalue weighted by molar-refractivity contribution is 9.10. The number of amides is 1. The van der Waals surface area contributed by atoms with Gasteiger partial charge in [0.2, 0.25) is 0 Å². The van der Waals surface area contributed by atoms with Crippen LogP contribution in [0.15, 0.2) is 53.0 Å². The van der Waals surface area contributed by atoms with E-state index in [0.717, 1.165) is 10.0 Å². The van der Waals surface area contributed by atoms with E-state index < -0.39 is 6.10 Å². The molecule has 1 atom stereocenters. The van der Waals surface area contributed by atoms with E-state index in [9.17, 15) is 4.79 Å². The lowest BCUT2D eigenvalue weighted by Crippen LogP contribution is -2.37. The minimum absolute atomic E-state index is 0.0714. The molecule has 0 aliphatic rings. The fourth-order valence-electron chi connectivity index (χ4n) is 2.02. The Labute approximate surface area is 144 Å². The summed E-state index contributed by atoms with van der Waals surface area (Å²) in [6, 6.07) is 14.9. The first-order chi connectivity index (χ1) is 10.5. The third-order valence-corrected chi connectivity index (χ3v) is 3.96. The molecule has 1 amide bonds. The molecule has 0 saturated heterocycles. The van der Waals surface area contributed by atoms with Crippen LogP contribution in [0.25, 0.3) is 0 Å². The maximum Gasteiger partial charge on any atom is 0.263 e. The molecule has 3 nitrogen and oxygen atoms in total. The third kappa shape index (κ3) is 4.75. The number of likely N-dealkylation sites (N-methyl/N-ethyl adjacent to an activating group) is 1. The molecule has 0 fully saturated rings. The van der Waals surface area contributed by atoms with Gasteiger partial charge in [-0.25, -0.2) is 0 Å². The second-order valence-electron chi connectivity index (χ2n) is 5.03. The zero-order chi connectivity index (χ0) is 16.1. The maximum atomic E-state index is 12.4. The summed E-state index contributed by atoms with van der Waals surface area (Å²) in [7, 11) is 1.77. The summed E-state index contributed by atoms with van der Waals surface area (Å²) < 4.78 is 6.67. The van der Waals surface area contributed by atoms with Crippen LogP contribution in [0.3, 0.4) is 0 Å². The molecule has 0 aliphatic carbocycles. The van der Waals surface area contributed by atoms with Crippen LogP contribution in [0.5, 0.6) is 5.75 Å². The number of hydrogen-bond acceptors (Lipinski definition) is 2. The zero-order valence-electron chi connectivity index (χ0n) is 12.4. The lowest BCUT2D eigenvalue weighted by atomic mass is 10.2. The minimum atomic E-state index is -0.554. The Morgan fingerprint density at radius 3 is 2.36 bits per heavy atom. The molecule has 0 spiro atoms. The Morgan fingerprint density at radius 2 is 1.77 bits per heavy atom. The highest BCUT2D eigenvalue weighted by atomic mass is 79.9. The van der Waals surface area contributed by atoms with Crippen molar-refractivity contribution in [3.05, 3.63) is 63.6 Å². The molecule has 1 unspecified atom stereocenters. The summed E-state index contributed by atoms with van der Waals surface area (Å²) in [5.41, 5.74) is 1.07. The topological polar surface area (TPSA) is 29.5 Å². The van der Waals surface area contributed by atoms with Gasteiger partial charge in [-0.1, -0.05) is 39.7 Å². The van der Waals surface area contributed by atoms with E-state index in [-0.39, 0.29) is 5.91 Å². The number of hydrogen-bond donors (Lipinski definition) is 0. The van der Waals surface area contributed by atoms with E-state index in [2.05, 4.69) is 15.9 Å². The first-order valence-electron chi connectivity index (χ1n) is 6.87. The SMILES string of the molecule is CC(Oc1ccc(Cl)cc1)C(=O)N(C)Cc1ccc(Br)cc1. The van der Waals surface area contributed by atoms with Crippen molar-refractivity contribution in [3.63, 3.8) is 0 Å². The molecule has 0 heterocycles. The summed E-state index contributed by atoms with van der Waals surface area (Å²) in [5.74, 6) is 0.556. The molecule has 2 aromatic carbocycles. The molecule has 0 saturated carbocycles. The Morgan fingerprint density at radius 1 is 1.18 bits per heavy atom. The zero-order valence-corrected chi connectivity index (χ0v) is 14.8. The van der Waals surface area contributed by atoms with Crippen LogP contribution in [0.1, 0.15) is 12.5 Å². The quantitative estimate of drug-likeness (QED) is 0.760. The molecule has 0 aromatic heterocycles. The predicted molar refractivity (Wildman–Crippen MR) is 92.2 cm³/mol. The van der Waals surface area contributed by atoms with Crippen LogP contribution in [0, 0.1) is 0 Å². The molecular formula is C17H17BrClNO2. The summed E-state index contributed by atoms with van der Waals surface area (Å²) >= 11 is 9.22. The lowest BCUT2D eigenvalue weighted by Gasteiger charge is -2.22. The van der Waals surface area contributed by atoms with Crippen LogP contribution in [0.4, 0.5) is 0 Å². The molecule has 2 aromatic rings.